The molecule has 1 amide bonds. The summed E-state index contributed by atoms with van der Waals surface area (Å²) < 4.78 is 38.8. The number of nitrogens with one attached hydrogen (secondary N) is 1. The fourth-order valence-electron chi connectivity index (χ4n) is 3.90. The number of anilines is 1. The van der Waals surface area contributed by atoms with Crippen LogP contribution in [0.4, 0.5) is 5.69 Å². The largest absolute Gasteiger partial charge is 0.454 e. The highest BCUT2D eigenvalue weighted by Crippen LogP contribution is 2.35. The Kier molecular flexibility index (Phi) is 4.56. The molecule has 3 heterocycles. The minimum Gasteiger partial charge on any atom is -0.454 e. The lowest BCUT2D eigenvalue weighted by Gasteiger charge is -2.24. The summed E-state index contributed by atoms with van der Waals surface area (Å²) in [6, 6.07) is 12.9. The van der Waals surface area contributed by atoms with E-state index in [2.05, 4.69) is 10.3 Å². The molecule has 0 aliphatic carbocycles. The second kappa shape index (κ2) is 7.26. The van der Waals surface area contributed by atoms with Crippen molar-refractivity contribution in [3.8, 4) is 11.5 Å². The molecule has 30 heavy (non-hydrogen) atoms. The number of para-hydroxylation sites is 1. The van der Waals surface area contributed by atoms with Crippen molar-refractivity contribution in [1.82, 2.24) is 9.29 Å². The van der Waals surface area contributed by atoms with Crippen molar-refractivity contribution in [1.29, 1.82) is 0 Å². The molecule has 1 N–H and O–H groups in total. The van der Waals surface area contributed by atoms with Gasteiger partial charge in [0.05, 0.1) is 5.52 Å². The van der Waals surface area contributed by atoms with Crippen molar-refractivity contribution in [3.05, 3.63) is 54.7 Å². The van der Waals surface area contributed by atoms with Crippen molar-refractivity contribution in [3.63, 3.8) is 0 Å². The summed E-state index contributed by atoms with van der Waals surface area (Å²) in [4.78, 5) is 17.3. The SMILES string of the molecule is O=C(Nc1ccc2c(c1)OCO2)[C@@H]1CCCN1S(=O)(=O)c1cccc2cccnc12. The van der Waals surface area contributed by atoms with Gasteiger partial charge in [0.1, 0.15) is 10.9 Å². The highest BCUT2D eigenvalue weighted by molar-refractivity contribution is 7.89. The van der Waals surface area contributed by atoms with E-state index in [4.69, 9.17) is 9.47 Å². The van der Waals surface area contributed by atoms with Crippen molar-refractivity contribution in [2.45, 2.75) is 23.8 Å². The van der Waals surface area contributed by atoms with E-state index in [9.17, 15) is 13.2 Å². The molecule has 3 aromatic rings. The van der Waals surface area contributed by atoms with E-state index >= 15 is 0 Å². The van der Waals surface area contributed by atoms with E-state index < -0.39 is 16.1 Å². The zero-order valence-electron chi connectivity index (χ0n) is 15.9. The molecular formula is C21H19N3O5S. The Bertz CT molecular complexity index is 1240. The summed E-state index contributed by atoms with van der Waals surface area (Å²) in [7, 11) is -3.90. The van der Waals surface area contributed by atoms with Crippen LogP contribution in [0.2, 0.25) is 0 Å². The summed E-state index contributed by atoms with van der Waals surface area (Å²) >= 11 is 0. The second-order valence-electron chi connectivity index (χ2n) is 7.16. The van der Waals surface area contributed by atoms with Gasteiger partial charge >= 0.3 is 0 Å². The third-order valence-electron chi connectivity index (χ3n) is 5.33. The number of pyridine rings is 1. The Morgan fingerprint density at radius 1 is 1.10 bits per heavy atom. The van der Waals surface area contributed by atoms with Crippen LogP contribution in [0.3, 0.4) is 0 Å². The smallest absolute Gasteiger partial charge is 0.245 e. The van der Waals surface area contributed by atoms with Gasteiger partial charge in [-0.05, 0) is 37.1 Å². The molecule has 1 atom stereocenters. The van der Waals surface area contributed by atoms with E-state index in [-0.39, 0.29) is 24.1 Å². The monoisotopic (exact) mass is 425 g/mol. The van der Waals surface area contributed by atoms with Crippen molar-refractivity contribution in [2.24, 2.45) is 0 Å². The molecule has 1 fully saturated rings. The van der Waals surface area contributed by atoms with Crippen LogP contribution in [-0.4, -0.2) is 43.0 Å². The summed E-state index contributed by atoms with van der Waals surface area (Å²) in [5, 5.41) is 3.54. The van der Waals surface area contributed by atoms with Crippen LogP contribution < -0.4 is 14.8 Å². The summed E-state index contributed by atoms with van der Waals surface area (Å²) in [6.07, 6.45) is 2.62. The number of ether oxygens (including phenoxy) is 2. The lowest BCUT2D eigenvalue weighted by atomic mass is 10.2. The van der Waals surface area contributed by atoms with Gasteiger partial charge in [-0.2, -0.15) is 4.31 Å². The highest BCUT2D eigenvalue weighted by atomic mass is 32.2. The van der Waals surface area contributed by atoms with Crippen molar-refractivity contribution >= 4 is 32.5 Å². The highest BCUT2D eigenvalue weighted by Gasteiger charge is 2.40. The number of nitrogens with zero attached hydrogens (tertiary/aromatic N) is 2. The van der Waals surface area contributed by atoms with Gasteiger partial charge < -0.3 is 14.8 Å². The maximum Gasteiger partial charge on any atom is 0.245 e. The number of carbonyl (C=O) groups excluding carboxylic acids is 1. The minimum absolute atomic E-state index is 0.114. The number of carbonyl (C=O) groups is 1. The molecule has 8 nitrogen and oxygen atoms in total. The molecule has 2 aromatic carbocycles. The van der Waals surface area contributed by atoms with Gasteiger partial charge in [-0.1, -0.05) is 18.2 Å². The molecule has 9 heteroatoms. The third-order valence-corrected chi connectivity index (χ3v) is 7.27. The first kappa shape index (κ1) is 18.8. The molecule has 1 saturated heterocycles. The molecule has 154 valence electrons. The maximum atomic E-state index is 13.4. The topological polar surface area (TPSA) is 97.8 Å². The van der Waals surface area contributed by atoms with Crippen LogP contribution in [0.25, 0.3) is 10.9 Å². The summed E-state index contributed by atoms with van der Waals surface area (Å²) in [5.74, 6) is 0.787. The summed E-state index contributed by atoms with van der Waals surface area (Å²) in [5.41, 5.74) is 0.933. The minimum atomic E-state index is -3.90. The normalized spacial score (nSPS) is 18.6. The zero-order chi connectivity index (χ0) is 20.7. The molecule has 0 saturated carbocycles. The third kappa shape index (κ3) is 3.16. The molecule has 5 rings (SSSR count). The Hall–Kier alpha value is -3.17. The van der Waals surface area contributed by atoms with Crippen molar-refractivity contribution < 1.29 is 22.7 Å². The number of fused-ring (bicyclic) bond motifs is 2. The first-order chi connectivity index (χ1) is 14.5. The first-order valence-electron chi connectivity index (χ1n) is 9.60. The van der Waals surface area contributed by atoms with E-state index in [0.29, 0.717) is 35.5 Å². The van der Waals surface area contributed by atoms with Gasteiger partial charge in [0, 0.05) is 29.9 Å². The Labute approximate surface area is 173 Å². The molecular weight excluding hydrogens is 406 g/mol. The molecule has 2 aliphatic rings. The van der Waals surface area contributed by atoms with E-state index in [0.717, 1.165) is 5.39 Å². The molecule has 0 unspecified atom stereocenters. The Morgan fingerprint density at radius 3 is 2.83 bits per heavy atom. The lowest BCUT2D eigenvalue weighted by molar-refractivity contribution is -0.119. The number of hydrogen-bond acceptors (Lipinski definition) is 6. The van der Waals surface area contributed by atoms with Gasteiger partial charge in [0.2, 0.25) is 22.7 Å². The van der Waals surface area contributed by atoms with Gasteiger partial charge in [-0.3, -0.25) is 9.78 Å². The predicted molar refractivity (Wildman–Crippen MR) is 110 cm³/mol. The van der Waals surface area contributed by atoms with Crippen LogP contribution in [0.15, 0.2) is 59.6 Å². The van der Waals surface area contributed by atoms with E-state index in [1.165, 1.54) is 10.4 Å². The standard InChI is InChI=1S/C21H19N3O5S/c25-21(23-15-8-9-17-18(12-15)29-13-28-17)16-6-3-11-24(16)30(26,27)19-7-1-4-14-5-2-10-22-20(14)19/h1-2,4-5,7-10,12,16H,3,6,11,13H2,(H,23,25)/t16-/m0/s1. The van der Waals surface area contributed by atoms with Gasteiger partial charge in [0.25, 0.3) is 0 Å². The van der Waals surface area contributed by atoms with Crippen LogP contribution >= 0.6 is 0 Å². The number of hydrogen-bond donors (Lipinski definition) is 1. The molecule has 2 aliphatic heterocycles. The van der Waals surface area contributed by atoms with E-state index in [1.807, 2.05) is 12.1 Å². The number of amides is 1. The maximum absolute atomic E-state index is 13.4. The first-order valence-corrected chi connectivity index (χ1v) is 11.0. The van der Waals surface area contributed by atoms with Crippen LogP contribution in [0.1, 0.15) is 12.8 Å². The number of benzene rings is 2. The Balaban J connectivity index is 1.43. The molecule has 1 aromatic heterocycles. The van der Waals surface area contributed by atoms with Crippen LogP contribution in [0, 0.1) is 0 Å². The zero-order valence-corrected chi connectivity index (χ0v) is 16.8. The number of aromatic nitrogens is 1. The number of rotatable bonds is 4. The summed E-state index contributed by atoms with van der Waals surface area (Å²) in [6.45, 7) is 0.422. The fourth-order valence-corrected chi connectivity index (χ4v) is 5.72. The van der Waals surface area contributed by atoms with Crippen molar-refractivity contribution in [2.75, 3.05) is 18.7 Å². The quantitative estimate of drug-likeness (QED) is 0.690. The van der Waals surface area contributed by atoms with E-state index in [1.54, 1.807) is 36.5 Å². The average Bonchev–Trinajstić information content (AvgIpc) is 3.43. The predicted octanol–water partition coefficient (Wildman–Crippen LogP) is 2.76. The van der Waals surface area contributed by atoms with Gasteiger partial charge in [-0.25, -0.2) is 8.42 Å². The van der Waals surface area contributed by atoms with Crippen LogP contribution in [0.5, 0.6) is 11.5 Å². The van der Waals surface area contributed by atoms with Crippen LogP contribution in [-0.2, 0) is 14.8 Å². The van der Waals surface area contributed by atoms with Gasteiger partial charge in [-0.15, -0.1) is 0 Å². The Morgan fingerprint density at radius 2 is 1.93 bits per heavy atom. The lowest BCUT2D eigenvalue weighted by Crippen LogP contribution is -2.43. The molecule has 0 spiro atoms. The fraction of sp³-hybridized carbons (Fsp3) is 0.238. The molecule has 0 bridgehead atoms. The molecule has 0 radical (unpaired) electrons. The average molecular weight is 425 g/mol. The van der Waals surface area contributed by atoms with Gasteiger partial charge in [0.15, 0.2) is 11.5 Å². The second-order valence-corrected chi connectivity index (χ2v) is 9.02. The number of sulfonamides is 1.